The lowest BCUT2D eigenvalue weighted by Gasteiger charge is -2.31. The van der Waals surface area contributed by atoms with Gasteiger partial charge in [0.15, 0.2) is 0 Å². The number of rotatable bonds is 5. The predicted octanol–water partition coefficient (Wildman–Crippen LogP) is 1.66. The minimum atomic E-state index is -4.55. The van der Waals surface area contributed by atoms with Crippen LogP contribution in [0, 0.1) is 5.92 Å². The Balaban J connectivity index is 2.15. The first-order valence-corrected chi connectivity index (χ1v) is 5.58. The van der Waals surface area contributed by atoms with Crippen molar-refractivity contribution in [3.05, 3.63) is 0 Å². The van der Waals surface area contributed by atoms with E-state index in [1.54, 1.807) is 0 Å². The number of hydrogen-bond acceptors (Lipinski definition) is 3. The van der Waals surface area contributed by atoms with E-state index < -0.39 is 6.36 Å². The summed E-state index contributed by atoms with van der Waals surface area (Å²) in [7, 11) is 0. The van der Waals surface area contributed by atoms with Gasteiger partial charge in [0.25, 0.3) is 0 Å². The Morgan fingerprint density at radius 3 is 2.56 bits per heavy atom. The van der Waals surface area contributed by atoms with Gasteiger partial charge in [-0.05, 0) is 18.8 Å². The Morgan fingerprint density at radius 1 is 1.25 bits per heavy atom. The summed E-state index contributed by atoms with van der Waals surface area (Å²) in [6, 6.07) is 0.121. The van der Waals surface area contributed by atoms with Crippen LogP contribution < -0.4 is 5.32 Å². The molecular weight excluding hydrogens is 223 g/mol. The van der Waals surface area contributed by atoms with Gasteiger partial charge in [0.1, 0.15) is 0 Å². The third-order valence-electron chi connectivity index (χ3n) is 2.92. The van der Waals surface area contributed by atoms with E-state index in [4.69, 9.17) is 5.11 Å². The van der Waals surface area contributed by atoms with Gasteiger partial charge in [0.05, 0.1) is 6.61 Å². The van der Waals surface area contributed by atoms with E-state index in [2.05, 4.69) is 10.1 Å². The van der Waals surface area contributed by atoms with Crippen LogP contribution in [0.4, 0.5) is 13.2 Å². The first-order valence-electron chi connectivity index (χ1n) is 5.58. The van der Waals surface area contributed by atoms with Gasteiger partial charge in [-0.3, -0.25) is 4.74 Å². The van der Waals surface area contributed by atoms with Crippen LogP contribution >= 0.6 is 0 Å². The van der Waals surface area contributed by atoms with E-state index in [-0.39, 0.29) is 31.7 Å². The van der Waals surface area contributed by atoms with E-state index in [9.17, 15) is 13.2 Å². The molecule has 1 aliphatic carbocycles. The first kappa shape index (κ1) is 13.7. The van der Waals surface area contributed by atoms with Crippen LogP contribution in [0.1, 0.15) is 25.7 Å². The van der Waals surface area contributed by atoms with Crippen molar-refractivity contribution in [2.75, 3.05) is 19.8 Å². The molecule has 1 fully saturated rings. The monoisotopic (exact) mass is 241 g/mol. The molecule has 0 saturated heterocycles. The van der Waals surface area contributed by atoms with E-state index in [1.807, 2.05) is 0 Å². The summed E-state index contributed by atoms with van der Waals surface area (Å²) in [5, 5.41) is 12.1. The molecule has 16 heavy (non-hydrogen) atoms. The molecule has 0 bridgehead atoms. The Labute approximate surface area is 93.0 Å². The lowest BCUT2D eigenvalue weighted by Crippen LogP contribution is -2.42. The lowest BCUT2D eigenvalue weighted by atomic mass is 9.85. The Kier molecular flexibility index (Phi) is 5.51. The minimum absolute atomic E-state index is 0.0950. The van der Waals surface area contributed by atoms with Gasteiger partial charge in [0, 0.05) is 19.2 Å². The maximum Gasteiger partial charge on any atom is 0.522 e. The minimum Gasteiger partial charge on any atom is -0.396 e. The highest BCUT2D eigenvalue weighted by atomic mass is 19.4. The van der Waals surface area contributed by atoms with Crippen LogP contribution in [-0.4, -0.2) is 37.3 Å². The number of nitrogens with one attached hydrogen (secondary N) is 1. The fourth-order valence-electron chi connectivity index (χ4n) is 2.11. The zero-order valence-corrected chi connectivity index (χ0v) is 9.09. The maximum absolute atomic E-state index is 11.7. The molecule has 2 unspecified atom stereocenters. The zero-order chi connectivity index (χ0) is 12.0. The van der Waals surface area contributed by atoms with Crippen molar-refractivity contribution in [2.45, 2.75) is 38.1 Å². The predicted molar refractivity (Wildman–Crippen MR) is 52.8 cm³/mol. The van der Waals surface area contributed by atoms with Crippen LogP contribution in [0.2, 0.25) is 0 Å². The second-order valence-corrected chi connectivity index (χ2v) is 4.08. The topological polar surface area (TPSA) is 41.5 Å². The quantitative estimate of drug-likeness (QED) is 0.719. The van der Waals surface area contributed by atoms with Crippen molar-refractivity contribution in [3.8, 4) is 0 Å². The highest BCUT2D eigenvalue weighted by Gasteiger charge is 2.29. The summed E-state index contributed by atoms with van der Waals surface area (Å²) in [5.74, 6) is 0.166. The molecule has 0 aliphatic heterocycles. The molecular formula is C10H18F3NO2. The van der Waals surface area contributed by atoms with Gasteiger partial charge in [-0.15, -0.1) is 13.2 Å². The molecule has 6 heteroatoms. The summed E-state index contributed by atoms with van der Waals surface area (Å²) in [5.41, 5.74) is 0. The number of aliphatic hydroxyl groups is 1. The molecule has 0 radical (unpaired) electrons. The molecule has 0 aromatic rings. The van der Waals surface area contributed by atoms with Crippen molar-refractivity contribution in [3.63, 3.8) is 0 Å². The smallest absolute Gasteiger partial charge is 0.396 e. The lowest BCUT2D eigenvalue weighted by molar-refractivity contribution is -0.323. The highest BCUT2D eigenvalue weighted by molar-refractivity contribution is 4.80. The van der Waals surface area contributed by atoms with Crippen molar-refractivity contribution in [2.24, 2.45) is 5.92 Å². The number of alkyl halides is 3. The van der Waals surface area contributed by atoms with Crippen LogP contribution in [0.25, 0.3) is 0 Å². The van der Waals surface area contributed by atoms with Crippen LogP contribution in [0.5, 0.6) is 0 Å². The zero-order valence-electron chi connectivity index (χ0n) is 9.09. The average molecular weight is 241 g/mol. The third-order valence-corrected chi connectivity index (χ3v) is 2.92. The van der Waals surface area contributed by atoms with Gasteiger partial charge in [-0.1, -0.05) is 12.8 Å². The summed E-state index contributed by atoms with van der Waals surface area (Å²) >= 11 is 0. The third kappa shape index (κ3) is 5.14. The van der Waals surface area contributed by atoms with Crippen LogP contribution in [0.15, 0.2) is 0 Å². The number of ether oxygens (including phenoxy) is 1. The molecule has 2 atom stereocenters. The molecule has 1 aliphatic rings. The Morgan fingerprint density at radius 2 is 1.94 bits per heavy atom. The summed E-state index contributed by atoms with van der Waals surface area (Å²) in [6.07, 6.45) is -0.549. The van der Waals surface area contributed by atoms with E-state index in [0.717, 1.165) is 25.7 Å². The molecule has 0 aromatic heterocycles. The molecule has 96 valence electrons. The Bertz CT molecular complexity index is 199. The van der Waals surface area contributed by atoms with Gasteiger partial charge >= 0.3 is 6.36 Å². The normalized spacial score (nSPS) is 27.0. The van der Waals surface area contributed by atoms with Crippen LogP contribution in [-0.2, 0) is 4.74 Å². The molecule has 1 rings (SSSR count). The molecule has 0 amide bonds. The fourth-order valence-corrected chi connectivity index (χ4v) is 2.11. The van der Waals surface area contributed by atoms with Crippen LogP contribution in [0.3, 0.4) is 0 Å². The van der Waals surface area contributed by atoms with Crippen molar-refractivity contribution >= 4 is 0 Å². The SMILES string of the molecule is OCC1CCCCC1NCCOC(F)(F)F. The summed E-state index contributed by atoms with van der Waals surface area (Å²) in [4.78, 5) is 0. The number of halogens is 3. The van der Waals surface area contributed by atoms with Crippen molar-refractivity contribution in [1.29, 1.82) is 0 Å². The maximum atomic E-state index is 11.7. The van der Waals surface area contributed by atoms with E-state index >= 15 is 0 Å². The first-order chi connectivity index (χ1) is 7.53. The molecule has 0 aromatic carbocycles. The molecule has 1 saturated carbocycles. The van der Waals surface area contributed by atoms with Gasteiger partial charge in [-0.25, -0.2) is 0 Å². The van der Waals surface area contributed by atoms with Gasteiger partial charge in [0.2, 0.25) is 0 Å². The largest absolute Gasteiger partial charge is 0.522 e. The van der Waals surface area contributed by atoms with E-state index in [0.29, 0.717) is 0 Å². The average Bonchev–Trinajstić information content (AvgIpc) is 2.23. The van der Waals surface area contributed by atoms with Crippen molar-refractivity contribution < 1.29 is 23.0 Å². The van der Waals surface area contributed by atoms with E-state index in [1.165, 1.54) is 0 Å². The molecule has 0 heterocycles. The number of aliphatic hydroxyl groups excluding tert-OH is 1. The van der Waals surface area contributed by atoms with Gasteiger partial charge < -0.3 is 10.4 Å². The second-order valence-electron chi connectivity index (χ2n) is 4.08. The second kappa shape index (κ2) is 6.42. The number of hydrogen-bond donors (Lipinski definition) is 2. The summed E-state index contributed by atoms with van der Waals surface area (Å²) in [6.45, 7) is -0.114. The summed E-state index contributed by atoms with van der Waals surface area (Å²) < 4.78 is 38.7. The Hall–Kier alpha value is -0.330. The molecule has 3 nitrogen and oxygen atoms in total. The standard InChI is InChI=1S/C10H18F3NO2/c11-10(12,13)16-6-5-14-9-4-2-1-3-8(9)7-15/h8-9,14-15H,1-7H2. The molecule has 0 spiro atoms. The van der Waals surface area contributed by atoms with Crippen molar-refractivity contribution in [1.82, 2.24) is 5.32 Å². The van der Waals surface area contributed by atoms with Gasteiger partial charge in [-0.2, -0.15) is 0 Å². The highest BCUT2D eigenvalue weighted by Crippen LogP contribution is 2.23. The molecule has 2 N–H and O–H groups in total. The fraction of sp³-hybridized carbons (Fsp3) is 1.00.